The minimum absolute atomic E-state index is 0.0504. The van der Waals surface area contributed by atoms with Gasteiger partial charge in [-0.1, -0.05) is 20.8 Å². The van der Waals surface area contributed by atoms with Crippen molar-refractivity contribution >= 4 is 5.97 Å². The third kappa shape index (κ3) is 4.88. The number of hydrogen-bond donors (Lipinski definition) is 1. The maximum absolute atomic E-state index is 11.0. The number of hydrogen-bond acceptors (Lipinski definition) is 3. The molecule has 1 N–H and O–H groups in total. The highest BCUT2D eigenvalue weighted by atomic mass is 16.5. The van der Waals surface area contributed by atoms with E-state index in [2.05, 4.69) is 23.9 Å². The lowest BCUT2D eigenvalue weighted by molar-refractivity contribution is -0.144. The molecule has 0 rings (SSSR count). The Morgan fingerprint density at radius 1 is 1.38 bits per heavy atom. The highest BCUT2D eigenvalue weighted by Gasteiger charge is 2.13. The summed E-state index contributed by atoms with van der Waals surface area (Å²) in [5, 5.41) is 3.33. The lowest BCUT2D eigenvalue weighted by Gasteiger charge is -2.17. The minimum Gasteiger partial charge on any atom is -0.469 e. The van der Waals surface area contributed by atoms with Crippen molar-refractivity contribution in [2.45, 2.75) is 39.7 Å². The third-order valence-electron chi connectivity index (χ3n) is 2.30. The first-order valence-electron chi connectivity index (χ1n) is 4.96. The molecule has 0 saturated heterocycles. The van der Waals surface area contributed by atoms with Gasteiger partial charge in [0.05, 0.1) is 13.0 Å². The number of nitrogens with one attached hydrogen (secondary N) is 1. The van der Waals surface area contributed by atoms with Gasteiger partial charge in [0.2, 0.25) is 0 Å². The van der Waals surface area contributed by atoms with Crippen molar-refractivity contribution in [3.8, 4) is 0 Å². The van der Waals surface area contributed by atoms with E-state index in [4.69, 9.17) is 0 Å². The van der Waals surface area contributed by atoms with Gasteiger partial charge in [-0.25, -0.2) is 0 Å². The minimum atomic E-state index is -0.140. The Bertz CT molecular complexity index is 144. The summed E-state index contributed by atoms with van der Waals surface area (Å²) >= 11 is 0. The fraction of sp³-hybridized carbons (Fsp3) is 0.900. The van der Waals surface area contributed by atoms with Crippen LogP contribution in [0.25, 0.3) is 0 Å². The molecule has 0 heterocycles. The molecule has 0 aliphatic rings. The average molecular weight is 187 g/mol. The van der Waals surface area contributed by atoms with E-state index < -0.39 is 0 Å². The molecule has 0 aromatic heterocycles. The average Bonchev–Trinajstić information content (AvgIpc) is 2.17. The van der Waals surface area contributed by atoms with Crippen LogP contribution in [0.1, 0.15) is 33.6 Å². The maximum atomic E-state index is 11.0. The molecule has 0 amide bonds. The second-order valence-electron chi connectivity index (χ2n) is 3.35. The smallest absolute Gasteiger partial charge is 0.309 e. The first-order chi connectivity index (χ1) is 6.15. The molecule has 0 radical (unpaired) electrons. The summed E-state index contributed by atoms with van der Waals surface area (Å²) in [5.74, 6) is -0.191. The summed E-state index contributed by atoms with van der Waals surface area (Å²) in [6.45, 7) is 6.87. The molecule has 1 atom stereocenters. The zero-order valence-electron chi connectivity index (χ0n) is 9.09. The van der Waals surface area contributed by atoms with Crippen LogP contribution in [0, 0.1) is 5.92 Å². The number of carbonyl (C=O) groups excluding carboxylic acids is 1. The van der Waals surface area contributed by atoms with Gasteiger partial charge in [0.1, 0.15) is 0 Å². The third-order valence-corrected chi connectivity index (χ3v) is 2.30. The lowest BCUT2D eigenvalue weighted by atomic mass is 10.1. The predicted molar refractivity (Wildman–Crippen MR) is 53.6 cm³/mol. The van der Waals surface area contributed by atoms with E-state index in [-0.39, 0.29) is 11.9 Å². The zero-order valence-corrected chi connectivity index (χ0v) is 9.09. The lowest BCUT2D eigenvalue weighted by Crippen LogP contribution is -2.34. The van der Waals surface area contributed by atoms with Crippen molar-refractivity contribution in [2.24, 2.45) is 5.92 Å². The first kappa shape index (κ1) is 12.4. The van der Waals surface area contributed by atoms with Gasteiger partial charge in [0.25, 0.3) is 0 Å². The number of esters is 1. The van der Waals surface area contributed by atoms with Crippen LogP contribution in [0.3, 0.4) is 0 Å². The molecule has 0 saturated carbocycles. The Morgan fingerprint density at radius 2 is 1.92 bits per heavy atom. The summed E-state index contributed by atoms with van der Waals surface area (Å²) in [4.78, 5) is 11.0. The fourth-order valence-corrected chi connectivity index (χ4v) is 1.21. The molecule has 0 aromatic carbocycles. The van der Waals surface area contributed by atoms with E-state index >= 15 is 0 Å². The SMILES string of the molecule is CCC(CC)NC[C@@H](C)C(=O)OC. The Labute approximate surface area is 80.8 Å². The molecule has 3 heteroatoms. The Balaban J connectivity index is 3.67. The van der Waals surface area contributed by atoms with Crippen LogP contribution in [0.2, 0.25) is 0 Å². The molecule has 0 aliphatic carbocycles. The number of carbonyl (C=O) groups is 1. The van der Waals surface area contributed by atoms with Gasteiger partial charge in [0.15, 0.2) is 0 Å². The van der Waals surface area contributed by atoms with Gasteiger partial charge < -0.3 is 10.1 Å². The van der Waals surface area contributed by atoms with Crippen LogP contribution in [-0.2, 0) is 9.53 Å². The molecular weight excluding hydrogens is 166 g/mol. The quantitative estimate of drug-likeness (QED) is 0.641. The van der Waals surface area contributed by atoms with Crippen LogP contribution in [-0.4, -0.2) is 25.7 Å². The molecule has 0 bridgehead atoms. The normalized spacial score (nSPS) is 13.0. The molecule has 0 aliphatic heterocycles. The van der Waals surface area contributed by atoms with Gasteiger partial charge >= 0.3 is 5.97 Å². The number of ether oxygens (including phenoxy) is 1. The van der Waals surface area contributed by atoms with E-state index in [9.17, 15) is 4.79 Å². The van der Waals surface area contributed by atoms with Crippen molar-refractivity contribution in [3.05, 3.63) is 0 Å². The monoisotopic (exact) mass is 187 g/mol. The van der Waals surface area contributed by atoms with Crippen LogP contribution < -0.4 is 5.32 Å². The van der Waals surface area contributed by atoms with Crippen molar-refractivity contribution in [1.29, 1.82) is 0 Å². The highest BCUT2D eigenvalue weighted by molar-refractivity contribution is 5.72. The van der Waals surface area contributed by atoms with E-state index in [1.54, 1.807) is 0 Å². The van der Waals surface area contributed by atoms with Crippen molar-refractivity contribution < 1.29 is 9.53 Å². The predicted octanol–water partition coefficient (Wildman–Crippen LogP) is 1.57. The van der Waals surface area contributed by atoms with Crippen molar-refractivity contribution in [2.75, 3.05) is 13.7 Å². The topological polar surface area (TPSA) is 38.3 Å². The van der Waals surface area contributed by atoms with Gasteiger partial charge in [-0.2, -0.15) is 0 Å². The second kappa shape index (κ2) is 6.89. The Morgan fingerprint density at radius 3 is 2.31 bits per heavy atom. The maximum Gasteiger partial charge on any atom is 0.309 e. The summed E-state index contributed by atoms with van der Waals surface area (Å²) in [5.41, 5.74) is 0. The van der Waals surface area contributed by atoms with Gasteiger partial charge in [-0.3, -0.25) is 4.79 Å². The number of rotatable bonds is 6. The van der Waals surface area contributed by atoms with Crippen LogP contribution in [0.5, 0.6) is 0 Å². The first-order valence-corrected chi connectivity index (χ1v) is 4.96. The fourth-order valence-electron chi connectivity index (χ4n) is 1.21. The van der Waals surface area contributed by atoms with E-state index in [1.807, 2.05) is 6.92 Å². The molecule has 0 unspecified atom stereocenters. The highest BCUT2D eigenvalue weighted by Crippen LogP contribution is 2.00. The summed E-state index contributed by atoms with van der Waals surface area (Å²) in [7, 11) is 1.43. The largest absolute Gasteiger partial charge is 0.469 e. The van der Waals surface area contributed by atoms with Crippen LogP contribution in [0.15, 0.2) is 0 Å². The second-order valence-corrected chi connectivity index (χ2v) is 3.35. The van der Waals surface area contributed by atoms with Crippen molar-refractivity contribution in [3.63, 3.8) is 0 Å². The molecule has 0 spiro atoms. The summed E-state index contributed by atoms with van der Waals surface area (Å²) < 4.78 is 4.63. The van der Waals surface area contributed by atoms with Gasteiger partial charge in [-0.05, 0) is 12.8 Å². The molecule has 0 fully saturated rings. The molecule has 78 valence electrons. The van der Waals surface area contributed by atoms with Crippen LogP contribution >= 0.6 is 0 Å². The molecule has 13 heavy (non-hydrogen) atoms. The van der Waals surface area contributed by atoms with Crippen LogP contribution in [0.4, 0.5) is 0 Å². The summed E-state index contributed by atoms with van der Waals surface area (Å²) in [6.07, 6.45) is 2.20. The van der Waals surface area contributed by atoms with Gasteiger partial charge in [0, 0.05) is 12.6 Å². The standard InChI is InChI=1S/C10H21NO2/c1-5-9(6-2)11-7-8(3)10(12)13-4/h8-9,11H,5-7H2,1-4H3/t8-/m1/s1. The molecule has 3 nitrogen and oxygen atoms in total. The Hall–Kier alpha value is -0.570. The van der Waals surface area contributed by atoms with Crippen molar-refractivity contribution in [1.82, 2.24) is 5.32 Å². The Kier molecular flexibility index (Phi) is 6.59. The van der Waals surface area contributed by atoms with Gasteiger partial charge in [-0.15, -0.1) is 0 Å². The number of methoxy groups -OCH3 is 1. The van der Waals surface area contributed by atoms with E-state index in [0.717, 1.165) is 12.8 Å². The van der Waals surface area contributed by atoms with E-state index in [1.165, 1.54) is 7.11 Å². The molecule has 0 aromatic rings. The summed E-state index contributed by atoms with van der Waals surface area (Å²) in [6, 6.07) is 0.520. The zero-order chi connectivity index (χ0) is 10.3. The van der Waals surface area contributed by atoms with E-state index in [0.29, 0.717) is 12.6 Å². The molecular formula is C10H21NO2.